The predicted octanol–water partition coefficient (Wildman–Crippen LogP) is 1.70. The summed E-state index contributed by atoms with van der Waals surface area (Å²) in [6, 6.07) is 6.85. The Morgan fingerprint density at radius 1 is 1.35 bits per heavy atom. The highest BCUT2D eigenvalue weighted by Gasteiger charge is 2.03. The predicted molar refractivity (Wildman–Crippen MR) is 66.3 cm³/mol. The van der Waals surface area contributed by atoms with E-state index in [1.54, 1.807) is 24.3 Å². The van der Waals surface area contributed by atoms with Crippen LogP contribution in [-0.4, -0.2) is 32.8 Å². The van der Waals surface area contributed by atoms with Gasteiger partial charge in [0.05, 0.1) is 12.4 Å². The first kappa shape index (κ1) is 13.7. The standard InChI is InChI=1S/C12H16O4S/c1-10(13)11-5-3-6-12(9-11)16-7-4-8-17(2,14)15/h3,5-6,9H,4,7-8H2,1-2H3. The maximum atomic E-state index is 11.1. The van der Waals surface area contributed by atoms with Gasteiger partial charge in [0.25, 0.3) is 0 Å². The molecule has 0 radical (unpaired) electrons. The monoisotopic (exact) mass is 256 g/mol. The van der Waals surface area contributed by atoms with Gasteiger partial charge in [-0.05, 0) is 25.5 Å². The molecule has 0 aromatic heterocycles. The van der Waals surface area contributed by atoms with Crippen molar-refractivity contribution in [1.82, 2.24) is 0 Å². The lowest BCUT2D eigenvalue weighted by Crippen LogP contribution is -2.08. The molecule has 0 saturated carbocycles. The largest absolute Gasteiger partial charge is 0.494 e. The number of Topliss-reactive ketones (excluding diaryl/α,β-unsaturated/α-hetero) is 1. The van der Waals surface area contributed by atoms with E-state index in [2.05, 4.69) is 0 Å². The molecule has 94 valence electrons. The van der Waals surface area contributed by atoms with E-state index in [0.717, 1.165) is 0 Å². The van der Waals surface area contributed by atoms with Crippen LogP contribution in [0.1, 0.15) is 23.7 Å². The van der Waals surface area contributed by atoms with Crippen molar-refractivity contribution in [2.24, 2.45) is 0 Å². The summed E-state index contributed by atoms with van der Waals surface area (Å²) in [6.45, 7) is 1.82. The summed E-state index contributed by atoms with van der Waals surface area (Å²) in [4.78, 5) is 11.1. The van der Waals surface area contributed by atoms with Gasteiger partial charge in [-0.3, -0.25) is 4.79 Å². The number of hydrogen-bond donors (Lipinski definition) is 0. The fourth-order valence-corrected chi connectivity index (χ4v) is 1.96. The average molecular weight is 256 g/mol. The Morgan fingerprint density at radius 2 is 2.06 bits per heavy atom. The smallest absolute Gasteiger partial charge is 0.159 e. The number of carbonyl (C=O) groups excluding carboxylic acids is 1. The summed E-state index contributed by atoms with van der Waals surface area (Å²) >= 11 is 0. The van der Waals surface area contributed by atoms with Crippen molar-refractivity contribution in [1.29, 1.82) is 0 Å². The number of ketones is 1. The molecule has 0 fully saturated rings. The van der Waals surface area contributed by atoms with E-state index in [1.165, 1.54) is 13.2 Å². The Kier molecular flexibility index (Phi) is 4.69. The van der Waals surface area contributed by atoms with Crippen LogP contribution in [0.25, 0.3) is 0 Å². The molecule has 0 aliphatic rings. The highest BCUT2D eigenvalue weighted by molar-refractivity contribution is 7.90. The second kappa shape index (κ2) is 5.82. The summed E-state index contributed by atoms with van der Waals surface area (Å²) in [5.74, 6) is 0.678. The minimum Gasteiger partial charge on any atom is -0.494 e. The molecule has 0 amide bonds. The van der Waals surface area contributed by atoms with E-state index in [0.29, 0.717) is 24.3 Å². The molecule has 0 atom stereocenters. The van der Waals surface area contributed by atoms with Crippen LogP contribution in [0, 0.1) is 0 Å². The summed E-state index contributed by atoms with van der Waals surface area (Å²) in [7, 11) is -2.93. The Labute approximate surface area is 102 Å². The topological polar surface area (TPSA) is 60.4 Å². The zero-order valence-corrected chi connectivity index (χ0v) is 10.8. The van der Waals surface area contributed by atoms with Crippen molar-refractivity contribution in [3.63, 3.8) is 0 Å². The molecule has 5 heteroatoms. The van der Waals surface area contributed by atoms with Gasteiger partial charge in [0, 0.05) is 11.8 Å². The van der Waals surface area contributed by atoms with Gasteiger partial charge in [0.1, 0.15) is 15.6 Å². The lowest BCUT2D eigenvalue weighted by molar-refractivity contribution is 0.101. The Bertz CT molecular complexity index is 491. The second-order valence-electron chi connectivity index (χ2n) is 3.92. The van der Waals surface area contributed by atoms with Gasteiger partial charge >= 0.3 is 0 Å². The van der Waals surface area contributed by atoms with E-state index < -0.39 is 9.84 Å². The normalized spacial score (nSPS) is 11.2. The van der Waals surface area contributed by atoms with Crippen molar-refractivity contribution >= 4 is 15.6 Å². The van der Waals surface area contributed by atoms with Crippen molar-refractivity contribution in [3.8, 4) is 5.75 Å². The number of rotatable bonds is 6. The minimum absolute atomic E-state index is 0.0217. The maximum absolute atomic E-state index is 11.1. The molecule has 0 heterocycles. The SMILES string of the molecule is CC(=O)c1cccc(OCCCS(C)(=O)=O)c1. The molecular formula is C12H16O4S. The van der Waals surface area contributed by atoms with Gasteiger partial charge in [-0.25, -0.2) is 8.42 Å². The number of carbonyl (C=O) groups is 1. The molecule has 1 aromatic carbocycles. The third-order valence-electron chi connectivity index (χ3n) is 2.17. The highest BCUT2D eigenvalue weighted by atomic mass is 32.2. The number of ether oxygens (including phenoxy) is 1. The molecule has 17 heavy (non-hydrogen) atoms. The van der Waals surface area contributed by atoms with Crippen molar-refractivity contribution in [3.05, 3.63) is 29.8 Å². The van der Waals surface area contributed by atoms with Crippen LogP contribution in [0.2, 0.25) is 0 Å². The minimum atomic E-state index is -2.93. The molecule has 0 saturated heterocycles. The van der Waals surface area contributed by atoms with E-state index >= 15 is 0 Å². The quantitative estimate of drug-likeness (QED) is 0.574. The summed E-state index contributed by atoms with van der Waals surface area (Å²) in [5, 5.41) is 0. The third-order valence-corrected chi connectivity index (χ3v) is 3.20. The third kappa shape index (κ3) is 5.49. The molecule has 4 nitrogen and oxygen atoms in total. The van der Waals surface area contributed by atoms with E-state index in [-0.39, 0.29) is 11.5 Å². The van der Waals surface area contributed by atoms with Crippen LogP contribution in [0.5, 0.6) is 5.75 Å². The number of benzene rings is 1. The van der Waals surface area contributed by atoms with E-state index in [1.807, 2.05) is 0 Å². The van der Waals surface area contributed by atoms with Crippen LogP contribution in [0.3, 0.4) is 0 Å². The Hall–Kier alpha value is -1.36. The van der Waals surface area contributed by atoms with Gasteiger partial charge in [-0.1, -0.05) is 12.1 Å². The molecule has 0 unspecified atom stereocenters. The molecule has 0 aliphatic carbocycles. The molecular weight excluding hydrogens is 240 g/mol. The molecule has 0 N–H and O–H groups in total. The number of sulfone groups is 1. The van der Waals surface area contributed by atoms with Crippen LogP contribution < -0.4 is 4.74 Å². The fraction of sp³-hybridized carbons (Fsp3) is 0.417. The zero-order valence-electron chi connectivity index (χ0n) is 9.97. The van der Waals surface area contributed by atoms with Crippen molar-refractivity contribution in [2.45, 2.75) is 13.3 Å². The summed E-state index contributed by atoms with van der Waals surface area (Å²) < 4.78 is 27.1. The lowest BCUT2D eigenvalue weighted by Gasteiger charge is -2.06. The number of hydrogen-bond acceptors (Lipinski definition) is 4. The first-order valence-electron chi connectivity index (χ1n) is 5.30. The van der Waals surface area contributed by atoms with E-state index in [9.17, 15) is 13.2 Å². The molecule has 0 bridgehead atoms. The molecule has 1 aromatic rings. The molecule has 0 spiro atoms. The summed E-state index contributed by atoms with van der Waals surface area (Å²) in [6.07, 6.45) is 1.65. The van der Waals surface area contributed by atoms with Crippen LogP contribution >= 0.6 is 0 Å². The molecule has 1 rings (SSSR count). The van der Waals surface area contributed by atoms with Gasteiger partial charge in [0.15, 0.2) is 5.78 Å². The van der Waals surface area contributed by atoms with Gasteiger partial charge in [0.2, 0.25) is 0 Å². The molecule has 0 aliphatic heterocycles. The zero-order chi connectivity index (χ0) is 12.9. The summed E-state index contributed by atoms with van der Waals surface area (Å²) in [5.41, 5.74) is 0.589. The van der Waals surface area contributed by atoms with Crippen molar-refractivity contribution in [2.75, 3.05) is 18.6 Å². The Balaban J connectivity index is 2.47. The first-order valence-corrected chi connectivity index (χ1v) is 7.36. The van der Waals surface area contributed by atoms with Gasteiger partial charge in [-0.2, -0.15) is 0 Å². The highest BCUT2D eigenvalue weighted by Crippen LogP contribution is 2.13. The average Bonchev–Trinajstić information content (AvgIpc) is 2.23. The van der Waals surface area contributed by atoms with E-state index in [4.69, 9.17) is 4.74 Å². The van der Waals surface area contributed by atoms with Gasteiger partial charge in [-0.15, -0.1) is 0 Å². The Morgan fingerprint density at radius 3 is 2.65 bits per heavy atom. The second-order valence-corrected chi connectivity index (χ2v) is 6.18. The van der Waals surface area contributed by atoms with Crippen LogP contribution in [0.4, 0.5) is 0 Å². The first-order chi connectivity index (χ1) is 7.88. The van der Waals surface area contributed by atoms with Crippen LogP contribution in [-0.2, 0) is 9.84 Å². The lowest BCUT2D eigenvalue weighted by atomic mass is 10.1. The van der Waals surface area contributed by atoms with Crippen molar-refractivity contribution < 1.29 is 17.9 Å². The van der Waals surface area contributed by atoms with Crippen LogP contribution in [0.15, 0.2) is 24.3 Å². The fourth-order valence-electron chi connectivity index (χ4n) is 1.32. The maximum Gasteiger partial charge on any atom is 0.159 e. The van der Waals surface area contributed by atoms with Gasteiger partial charge < -0.3 is 4.74 Å².